The molecule has 0 amide bonds. The molecule has 0 N–H and O–H groups in total. The Morgan fingerprint density at radius 1 is 1.22 bits per heavy atom. The monoisotopic (exact) mass is 249 g/mol. The molecule has 2 nitrogen and oxygen atoms in total. The van der Waals surface area contributed by atoms with E-state index >= 15 is 0 Å². The molecule has 1 aliphatic rings. The molecule has 0 radical (unpaired) electrons. The van der Waals surface area contributed by atoms with Crippen LogP contribution in [0.2, 0.25) is 0 Å². The molecular weight excluding hydrogens is 222 g/mol. The van der Waals surface area contributed by atoms with Crippen molar-refractivity contribution in [3.05, 3.63) is 24.8 Å². The second kappa shape index (κ2) is 8.12. The molecule has 0 bridgehead atoms. The third-order valence-corrected chi connectivity index (χ3v) is 3.05. The second-order valence-electron chi connectivity index (χ2n) is 5.58. The number of allylic oxidation sites excluding steroid dienone is 3. The molecule has 2 heteroatoms. The average molecular weight is 249 g/mol. The minimum atomic E-state index is 0.00677. The molecule has 0 unspecified atom stereocenters. The van der Waals surface area contributed by atoms with Gasteiger partial charge in [-0.05, 0) is 33.1 Å². The number of unbranched alkanes of at least 4 members (excludes halogenated alkanes) is 5. The number of aliphatic imine (C=N–C) groups is 1. The summed E-state index contributed by atoms with van der Waals surface area (Å²) in [5.74, 6) is 0.967. The summed E-state index contributed by atoms with van der Waals surface area (Å²) in [5, 5.41) is 0. The summed E-state index contributed by atoms with van der Waals surface area (Å²) in [6.07, 6.45) is 14.7. The van der Waals surface area contributed by atoms with Crippen molar-refractivity contribution in [2.45, 2.75) is 64.3 Å². The molecule has 0 saturated carbocycles. The highest BCUT2D eigenvalue weighted by atomic mass is 16.5. The van der Waals surface area contributed by atoms with Gasteiger partial charge in [-0.1, -0.05) is 44.1 Å². The van der Waals surface area contributed by atoms with Crippen molar-refractivity contribution in [3.63, 3.8) is 0 Å². The van der Waals surface area contributed by atoms with Crippen molar-refractivity contribution in [1.82, 2.24) is 0 Å². The summed E-state index contributed by atoms with van der Waals surface area (Å²) in [6.45, 7) is 8.65. The van der Waals surface area contributed by atoms with E-state index in [0.717, 1.165) is 18.9 Å². The average Bonchev–Trinajstić information content (AvgIpc) is 2.67. The van der Waals surface area contributed by atoms with Crippen LogP contribution in [-0.4, -0.2) is 18.0 Å². The fourth-order valence-electron chi connectivity index (χ4n) is 2.05. The minimum absolute atomic E-state index is 0.00677. The zero-order valence-corrected chi connectivity index (χ0v) is 12.0. The smallest absolute Gasteiger partial charge is 0.183 e. The van der Waals surface area contributed by atoms with Crippen LogP contribution in [0.4, 0.5) is 0 Å². The van der Waals surface area contributed by atoms with E-state index in [1.54, 1.807) is 0 Å². The number of hydrogen-bond donors (Lipinski definition) is 0. The maximum atomic E-state index is 5.57. The van der Waals surface area contributed by atoms with Gasteiger partial charge >= 0.3 is 0 Å². The fraction of sp³-hybridized carbons (Fsp3) is 0.688. The van der Waals surface area contributed by atoms with Crippen molar-refractivity contribution in [2.24, 2.45) is 4.99 Å². The summed E-state index contributed by atoms with van der Waals surface area (Å²) in [6, 6.07) is 0. The van der Waals surface area contributed by atoms with Crippen LogP contribution in [0.3, 0.4) is 0 Å². The van der Waals surface area contributed by atoms with Crippen LogP contribution in [-0.2, 0) is 4.74 Å². The number of rotatable bonds is 9. The van der Waals surface area contributed by atoms with E-state index in [4.69, 9.17) is 4.74 Å². The number of nitrogens with zero attached hydrogens (tertiary/aromatic N) is 1. The van der Waals surface area contributed by atoms with Gasteiger partial charge < -0.3 is 4.74 Å². The zero-order chi connectivity index (χ0) is 13.3. The molecule has 0 spiro atoms. The molecule has 1 rings (SSSR count). The molecule has 0 atom stereocenters. The van der Waals surface area contributed by atoms with Gasteiger partial charge in [-0.15, -0.1) is 0 Å². The quantitative estimate of drug-likeness (QED) is 0.430. The van der Waals surface area contributed by atoms with E-state index in [1.807, 2.05) is 12.2 Å². The molecule has 0 aromatic carbocycles. The van der Waals surface area contributed by atoms with Gasteiger partial charge in [0.1, 0.15) is 6.61 Å². The van der Waals surface area contributed by atoms with Crippen molar-refractivity contribution in [1.29, 1.82) is 0 Å². The fourth-order valence-corrected chi connectivity index (χ4v) is 2.05. The number of hydrogen-bond acceptors (Lipinski definition) is 2. The Morgan fingerprint density at radius 2 is 1.94 bits per heavy atom. The molecule has 0 saturated heterocycles. The highest BCUT2D eigenvalue weighted by Crippen LogP contribution is 2.19. The van der Waals surface area contributed by atoms with E-state index in [2.05, 4.69) is 31.5 Å². The van der Waals surface area contributed by atoms with Gasteiger partial charge in [0.15, 0.2) is 5.90 Å². The highest BCUT2D eigenvalue weighted by molar-refractivity contribution is 5.78. The number of ether oxygens (including phenoxy) is 1. The van der Waals surface area contributed by atoms with Crippen LogP contribution in [0, 0.1) is 0 Å². The Labute approximate surface area is 112 Å². The van der Waals surface area contributed by atoms with Gasteiger partial charge in [0.2, 0.25) is 0 Å². The lowest BCUT2D eigenvalue weighted by Crippen LogP contribution is -2.17. The lowest BCUT2D eigenvalue weighted by molar-refractivity contribution is 0.273. The van der Waals surface area contributed by atoms with Crippen LogP contribution < -0.4 is 0 Å². The Balaban J connectivity index is 1.93. The molecule has 0 aromatic rings. The van der Waals surface area contributed by atoms with Gasteiger partial charge in [-0.3, -0.25) is 0 Å². The summed E-state index contributed by atoms with van der Waals surface area (Å²) >= 11 is 0. The Hall–Kier alpha value is -1.05. The molecular formula is C16H27NO. The molecule has 102 valence electrons. The third-order valence-electron chi connectivity index (χ3n) is 3.05. The first kappa shape index (κ1) is 15.0. The first-order valence-electron chi connectivity index (χ1n) is 7.13. The first-order valence-corrected chi connectivity index (χ1v) is 7.13. The van der Waals surface area contributed by atoms with E-state index < -0.39 is 0 Å². The Kier molecular flexibility index (Phi) is 6.77. The van der Waals surface area contributed by atoms with E-state index in [0.29, 0.717) is 0 Å². The van der Waals surface area contributed by atoms with Crippen molar-refractivity contribution < 1.29 is 4.74 Å². The molecule has 0 fully saturated rings. The van der Waals surface area contributed by atoms with Gasteiger partial charge in [0, 0.05) is 6.42 Å². The van der Waals surface area contributed by atoms with E-state index in [1.165, 1.54) is 38.5 Å². The lowest BCUT2D eigenvalue weighted by Gasteiger charge is -2.07. The molecule has 1 heterocycles. The standard InChI is InChI=1S/C16H27NO/c1-4-5-6-7-8-9-10-11-12-13-15-17-16(2,3)14-18-15/h4-6H,1,7-14H2,2-3H3/b6-5+. The van der Waals surface area contributed by atoms with Crippen LogP contribution in [0.1, 0.15) is 58.8 Å². The topological polar surface area (TPSA) is 21.6 Å². The van der Waals surface area contributed by atoms with Crippen LogP contribution in [0.25, 0.3) is 0 Å². The first-order chi connectivity index (χ1) is 8.64. The summed E-state index contributed by atoms with van der Waals surface area (Å²) in [7, 11) is 0. The predicted octanol–water partition coefficient (Wildman–Crippen LogP) is 4.67. The van der Waals surface area contributed by atoms with E-state index in [9.17, 15) is 0 Å². The van der Waals surface area contributed by atoms with Gasteiger partial charge in [0.25, 0.3) is 0 Å². The maximum Gasteiger partial charge on any atom is 0.183 e. The summed E-state index contributed by atoms with van der Waals surface area (Å²) in [5.41, 5.74) is 0.00677. The Morgan fingerprint density at radius 3 is 2.61 bits per heavy atom. The zero-order valence-electron chi connectivity index (χ0n) is 12.0. The van der Waals surface area contributed by atoms with Crippen LogP contribution in [0.15, 0.2) is 29.8 Å². The maximum absolute atomic E-state index is 5.57. The summed E-state index contributed by atoms with van der Waals surface area (Å²) < 4.78 is 5.57. The second-order valence-corrected chi connectivity index (χ2v) is 5.58. The Bertz CT molecular complexity index is 302. The SMILES string of the molecule is C=C/C=C/CCCCCCCC1=NC(C)(C)CO1. The normalized spacial score (nSPS) is 17.8. The predicted molar refractivity (Wildman–Crippen MR) is 79.1 cm³/mol. The van der Waals surface area contributed by atoms with Crippen molar-refractivity contribution in [2.75, 3.05) is 6.61 Å². The van der Waals surface area contributed by atoms with Gasteiger partial charge in [-0.2, -0.15) is 0 Å². The largest absolute Gasteiger partial charge is 0.478 e. The van der Waals surface area contributed by atoms with Crippen LogP contribution in [0.5, 0.6) is 0 Å². The highest BCUT2D eigenvalue weighted by Gasteiger charge is 2.25. The molecule has 0 aliphatic carbocycles. The van der Waals surface area contributed by atoms with Crippen molar-refractivity contribution >= 4 is 5.90 Å². The van der Waals surface area contributed by atoms with Gasteiger partial charge in [0.05, 0.1) is 5.54 Å². The third kappa shape index (κ3) is 6.63. The lowest BCUT2D eigenvalue weighted by atomic mass is 10.1. The molecule has 18 heavy (non-hydrogen) atoms. The van der Waals surface area contributed by atoms with Crippen molar-refractivity contribution in [3.8, 4) is 0 Å². The van der Waals surface area contributed by atoms with Crippen LogP contribution >= 0.6 is 0 Å². The van der Waals surface area contributed by atoms with E-state index in [-0.39, 0.29) is 5.54 Å². The van der Waals surface area contributed by atoms with Gasteiger partial charge in [-0.25, -0.2) is 4.99 Å². The molecule has 0 aromatic heterocycles. The minimum Gasteiger partial charge on any atom is -0.478 e. The molecule has 1 aliphatic heterocycles. The summed E-state index contributed by atoms with van der Waals surface area (Å²) in [4.78, 5) is 4.56.